The summed E-state index contributed by atoms with van der Waals surface area (Å²) in [5, 5.41) is 18.5. The number of rotatable bonds is 3. The van der Waals surface area contributed by atoms with E-state index in [-0.39, 0.29) is 25.3 Å². The molecule has 98 valence electrons. The number of carboxylic acid groups (broad SMARTS) is 1. The van der Waals surface area contributed by atoms with Gasteiger partial charge in [-0.15, -0.1) is 0 Å². The maximum atomic E-state index is 12.1. The highest BCUT2D eigenvalue weighted by Gasteiger charge is 2.40. The summed E-state index contributed by atoms with van der Waals surface area (Å²) in [7, 11) is 0. The van der Waals surface area contributed by atoms with Crippen LogP contribution >= 0.6 is 0 Å². The van der Waals surface area contributed by atoms with Crippen molar-refractivity contribution in [1.82, 2.24) is 4.90 Å². The third kappa shape index (κ3) is 2.22. The van der Waals surface area contributed by atoms with Crippen LogP contribution in [-0.2, 0) is 11.3 Å². The van der Waals surface area contributed by atoms with Crippen molar-refractivity contribution < 1.29 is 24.2 Å². The first kappa shape index (κ1) is 12.6. The second kappa shape index (κ2) is 4.79. The number of carbonyl (C=O) groups excluding carboxylic acids is 1. The predicted octanol–water partition coefficient (Wildman–Crippen LogP) is -0.602. The topological polar surface area (TPSA) is 117 Å². The first-order valence-corrected chi connectivity index (χ1v) is 5.53. The Hall–Kier alpha value is -1.86. The molecule has 18 heavy (non-hydrogen) atoms. The van der Waals surface area contributed by atoms with Crippen LogP contribution in [0.15, 0.2) is 16.5 Å². The number of carboxylic acids is 1. The summed E-state index contributed by atoms with van der Waals surface area (Å²) in [5.74, 6) is -1.19. The maximum Gasteiger partial charge on any atom is 0.326 e. The van der Waals surface area contributed by atoms with E-state index in [0.717, 1.165) is 4.90 Å². The van der Waals surface area contributed by atoms with Gasteiger partial charge in [0.15, 0.2) is 5.76 Å². The largest absolute Gasteiger partial charge is 0.480 e. The Morgan fingerprint density at radius 3 is 2.78 bits per heavy atom. The van der Waals surface area contributed by atoms with Crippen molar-refractivity contribution in [3.8, 4) is 0 Å². The number of hydrogen-bond donors (Lipinski definition) is 3. The van der Waals surface area contributed by atoms with Gasteiger partial charge < -0.3 is 25.3 Å². The molecular formula is C11H14N2O5. The number of likely N-dealkylation sites (tertiary alicyclic amines) is 1. The number of aliphatic carboxylic acids is 1. The number of aliphatic hydroxyl groups is 1. The summed E-state index contributed by atoms with van der Waals surface area (Å²) >= 11 is 0. The van der Waals surface area contributed by atoms with Crippen LogP contribution in [0.4, 0.5) is 0 Å². The van der Waals surface area contributed by atoms with Gasteiger partial charge in [-0.05, 0) is 12.1 Å². The fourth-order valence-corrected chi connectivity index (χ4v) is 2.02. The van der Waals surface area contributed by atoms with E-state index in [9.17, 15) is 14.7 Å². The van der Waals surface area contributed by atoms with Gasteiger partial charge in [-0.3, -0.25) is 4.79 Å². The zero-order valence-corrected chi connectivity index (χ0v) is 9.57. The highest BCUT2D eigenvalue weighted by Crippen LogP contribution is 2.21. The molecule has 1 aliphatic heterocycles. The Bertz CT molecular complexity index is 470. The van der Waals surface area contributed by atoms with E-state index in [1.165, 1.54) is 6.07 Å². The lowest BCUT2D eigenvalue weighted by molar-refractivity contribution is -0.141. The third-order valence-electron chi connectivity index (χ3n) is 2.90. The maximum absolute atomic E-state index is 12.1. The molecule has 1 aliphatic rings. The van der Waals surface area contributed by atoms with Crippen molar-refractivity contribution >= 4 is 11.9 Å². The SMILES string of the molecule is NCc1ccc(C(=O)N2C[C@H](O)C[C@H]2C(=O)O)o1. The second-order valence-corrected chi connectivity index (χ2v) is 4.17. The molecule has 7 heteroatoms. The molecule has 1 saturated heterocycles. The summed E-state index contributed by atoms with van der Waals surface area (Å²) in [6.07, 6.45) is -0.787. The van der Waals surface area contributed by atoms with Crippen LogP contribution in [0.25, 0.3) is 0 Å². The minimum Gasteiger partial charge on any atom is -0.480 e. The molecule has 0 unspecified atom stereocenters. The van der Waals surface area contributed by atoms with E-state index in [2.05, 4.69) is 0 Å². The Labute approximate surface area is 103 Å². The fraction of sp³-hybridized carbons (Fsp3) is 0.455. The van der Waals surface area contributed by atoms with Crippen LogP contribution in [0.2, 0.25) is 0 Å². The van der Waals surface area contributed by atoms with Crippen molar-refractivity contribution in [3.63, 3.8) is 0 Å². The molecular weight excluding hydrogens is 240 g/mol. The Kier molecular flexibility index (Phi) is 3.35. The van der Waals surface area contributed by atoms with E-state index in [4.69, 9.17) is 15.3 Å². The minimum atomic E-state index is -1.13. The van der Waals surface area contributed by atoms with Crippen LogP contribution in [-0.4, -0.2) is 45.7 Å². The van der Waals surface area contributed by atoms with Gasteiger partial charge in [-0.25, -0.2) is 4.79 Å². The van der Waals surface area contributed by atoms with E-state index in [1.54, 1.807) is 6.07 Å². The molecule has 0 bridgehead atoms. The third-order valence-corrected chi connectivity index (χ3v) is 2.90. The monoisotopic (exact) mass is 254 g/mol. The highest BCUT2D eigenvalue weighted by molar-refractivity contribution is 5.94. The molecule has 0 aromatic carbocycles. The molecule has 1 aromatic heterocycles. The number of nitrogens with two attached hydrogens (primary N) is 1. The van der Waals surface area contributed by atoms with Crippen molar-refractivity contribution in [2.45, 2.75) is 25.1 Å². The standard InChI is InChI=1S/C11H14N2O5/c12-4-7-1-2-9(18-7)10(15)13-5-6(14)3-8(13)11(16)17/h1-2,6,8,14H,3-5,12H2,(H,16,17)/t6-,8+/m1/s1. The molecule has 0 aliphatic carbocycles. The lowest BCUT2D eigenvalue weighted by Gasteiger charge is -2.19. The van der Waals surface area contributed by atoms with Gasteiger partial charge in [0.25, 0.3) is 5.91 Å². The summed E-state index contributed by atoms with van der Waals surface area (Å²) in [4.78, 5) is 24.2. The van der Waals surface area contributed by atoms with Gasteiger partial charge in [-0.2, -0.15) is 0 Å². The number of nitrogens with zero attached hydrogens (tertiary/aromatic N) is 1. The van der Waals surface area contributed by atoms with Gasteiger partial charge >= 0.3 is 5.97 Å². The van der Waals surface area contributed by atoms with E-state index >= 15 is 0 Å². The summed E-state index contributed by atoms with van der Waals surface area (Å²) in [5.41, 5.74) is 5.36. The molecule has 2 rings (SSSR count). The summed E-state index contributed by atoms with van der Waals surface area (Å²) < 4.78 is 5.18. The van der Waals surface area contributed by atoms with Crippen molar-refractivity contribution in [2.75, 3.05) is 6.54 Å². The number of furan rings is 1. The number of aliphatic hydroxyl groups excluding tert-OH is 1. The fourth-order valence-electron chi connectivity index (χ4n) is 2.02. The molecule has 4 N–H and O–H groups in total. The molecule has 1 amide bonds. The number of amides is 1. The molecule has 0 radical (unpaired) electrons. The summed E-state index contributed by atoms with van der Waals surface area (Å²) in [6.45, 7) is 0.159. The zero-order chi connectivity index (χ0) is 13.3. The first-order valence-electron chi connectivity index (χ1n) is 5.53. The lowest BCUT2D eigenvalue weighted by Crippen LogP contribution is -2.40. The average Bonchev–Trinajstić information content (AvgIpc) is 2.94. The van der Waals surface area contributed by atoms with Crippen LogP contribution in [0.3, 0.4) is 0 Å². The highest BCUT2D eigenvalue weighted by atomic mass is 16.4. The molecule has 2 heterocycles. The van der Waals surface area contributed by atoms with Crippen LogP contribution in [0.1, 0.15) is 22.7 Å². The van der Waals surface area contributed by atoms with Gasteiger partial charge in [0.1, 0.15) is 11.8 Å². The first-order chi connectivity index (χ1) is 8.52. The van der Waals surface area contributed by atoms with Crippen LogP contribution in [0, 0.1) is 0 Å². The smallest absolute Gasteiger partial charge is 0.326 e. The normalized spacial score (nSPS) is 23.3. The van der Waals surface area contributed by atoms with Crippen molar-refractivity contribution in [1.29, 1.82) is 0 Å². The number of carbonyl (C=O) groups is 2. The van der Waals surface area contributed by atoms with E-state index in [0.29, 0.717) is 5.76 Å². The Morgan fingerprint density at radius 2 is 2.22 bits per heavy atom. The molecule has 7 nitrogen and oxygen atoms in total. The van der Waals surface area contributed by atoms with Gasteiger partial charge in [0, 0.05) is 13.0 Å². The van der Waals surface area contributed by atoms with Crippen molar-refractivity contribution in [3.05, 3.63) is 23.7 Å². The quantitative estimate of drug-likeness (QED) is 0.663. The van der Waals surface area contributed by atoms with E-state index < -0.39 is 24.0 Å². The average molecular weight is 254 g/mol. The van der Waals surface area contributed by atoms with Gasteiger partial charge in [0.05, 0.1) is 12.6 Å². The molecule has 2 atom stereocenters. The van der Waals surface area contributed by atoms with Crippen LogP contribution < -0.4 is 5.73 Å². The lowest BCUT2D eigenvalue weighted by atomic mass is 10.2. The molecule has 1 aromatic rings. The van der Waals surface area contributed by atoms with Gasteiger partial charge in [-0.1, -0.05) is 0 Å². The zero-order valence-electron chi connectivity index (χ0n) is 9.57. The van der Waals surface area contributed by atoms with Crippen LogP contribution in [0.5, 0.6) is 0 Å². The predicted molar refractivity (Wildman–Crippen MR) is 59.7 cm³/mol. The van der Waals surface area contributed by atoms with Crippen molar-refractivity contribution in [2.24, 2.45) is 5.73 Å². The van der Waals surface area contributed by atoms with Gasteiger partial charge in [0.2, 0.25) is 0 Å². The number of hydrogen-bond acceptors (Lipinski definition) is 5. The minimum absolute atomic E-state index is 0.00550. The second-order valence-electron chi connectivity index (χ2n) is 4.17. The van der Waals surface area contributed by atoms with E-state index in [1.807, 2.05) is 0 Å². The molecule has 0 saturated carbocycles. The molecule has 0 spiro atoms. The Morgan fingerprint density at radius 1 is 1.50 bits per heavy atom. The Balaban J connectivity index is 2.19. The molecule has 1 fully saturated rings. The summed E-state index contributed by atoms with van der Waals surface area (Å²) in [6, 6.07) is 2.00. The number of β-amino-alcohol motifs (C(OH)–C–C–N with tert-alkyl or cyclic N) is 1.